The van der Waals surface area contributed by atoms with Crippen molar-refractivity contribution in [3.8, 4) is 0 Å². The van der Waals surface area contributed by atoms with Gasteiger partial charge in [0.1, 0.15) is 10.6 Å². The number of nitrogens with zero attached hydrogens (tertiary/aromatic N) is 1. The monoisotopic (exact) mass is 372 g/mol. The molecule has 0 unspecified atom stereocenters. The molecule has 20 heavy (non-hydrogen) atoms. The van der Waals surface area contributed by atoms with E-state index in [-0.39, 0.29) is 5.91 Å². The molecule has 1 aliphatic rings. The molecular weight excluding hydrogens is 360 g/mol. The van der Waals surface area contributed by atoms with Gasteiger partial charge in [-0.05, 0) is 51.8 Å². The average Bonchev–Trinajstić information content (AvgIpc) is 3.00. The van der Waals surface area contributed by atoms with Crippen LogP contribution < -0.4 is 16.4 Å². The summed E-state index contributed by atoms with van der Waals surface area (Å²) in [4.78, 5) is 13.3. The van der Waals surface area contributed by atoms with E-state index in [0.29, 0.717) is 24.0 Å². The lowest BCUT2D eigenvalue weighted by atomic mass is 10.3. The van der Waals surface area contributed by atoms with E-state index in [1.54, 1.807) is 11.3 Å². The molecule has 2 aromatic heterocycles. The summed E-state index contributed by atoms with van der Waals surface area (Å²) in [6.07, 6.45) is 2.10. The van der Waals surface area contributed by atoms with Crippen LogP contribution >= 0.6 is 38.8 Å². The van der Waals surface area contributed by atoms with Crippen molar-refractivity contribution in [2.45, 2.75) is 25.4 Å². The maximum atomic E-state index is 12.2. The summed E-state index contributed by atoms with van der Waals surface area (Å²) in [6, 6.07) is 2.31. The summed E-state index contributed by atoms with van der Waals surface area (Å²) >= 11 is 6.36. The van der Waals surface area contributed by atoms with Crippen LogP contribution in [0.1, 0.15) is 28.1 Å². The van der Waals surface area contributed by atoms with Crippen molar-refractivity contribution < 1.29 is 4.79 Å². The van der Waals surface area contributed by atoms with Crippen LogP contribution in [0.15, 0.2) is 15.9 Å². The normalized spacial score (nSPS) is 14.2. The molecule has 2 aromatic rings. The number of nitrogens with two attached hydrogens (primary N) is 1. The molecule has 5 nitrogen and oxygen atoms in total. The number of carbonyl (C=O) groups excluding carboxylic acids is 1. The summed E-state index contributed by atoms with van der Waals surface area (Å²) in [5.74, 6) is 0.160. The molecule has 0 aromatic carbocycles. The topological polar surface area (TPSA) is 80.0 Å². The molecule has 106 valence electrons. The number of nitrogens with one attached hydrogen (secondary N) is 2. The minimum atomic E-state index is -0.133. The number of aromatic nitrogens is 1. The van der Waals surface area contributed by atoms with Crippen molar-refractivity contribution >= 4 is 55.5 Å². The molecule has 1 aliphatic carbocycles. The van der Waals surface area contributed by atoms with Gasteiger partial charge < -0.3 is 16.4 Å². The van der Waals surface area contributed by atoms with E-state index in [0.717, 1.165) is 22.3 Å². The Morgan fingerprint density at radius 1 is 1.55 bits per heavy atom. The van der Waals surface area contributed by atoms with Gasteiger partial charge in [0.05, 0.1) is 6.54 Å². The Labute approximate surface area is 132 Å². The van der Waals surface area contributed by atoms with E-state index in [2.05, 4.69) is 30.9 Å². The van der Waals surface area contributed by atoms with Gasteiger partial charge in [0.25, 0.3) is 5.91 Å². The third-order valence-corrected chi connectivity index (χ3v) is 5.70. The largest absolute Gasteiger partial charge is 0.382 e. The molecule has 0 bridgehead atoms. The highest BCUT2D eigenvalue weighted by atomic mass is 79.9. The van der Waals surface area contributed by atoms with Crippen molar-refractivity contribution in [1.29, 1.82) is 0 Å². The fourth-order valence-electron chi connectivity index (χ4n) is 1.74. The number of thiophene rings is 1. The molecule has 0 radical (unpaired) electrons. The highest BCUT2D eigenvalue weighted by molar-refractivity contribution is 9.10. The van der Waals surface area contributed by atoms with Crippen LogP contribution in [0, 0.1) is 0 Å². The van der Waals surface area contributed by atoms with Crippen LogP contribution in [0.3, 0.4) is 0 Å². The number of hydrogen-bond acceptors (Lipinski definition) is 6. The summed E-state index contributed by atoms with van der Waals surface area (Å²) in [5.41, 5.74) is 6.28. The minimum absolute atomic E-state index is 0.133. The van der Waals surface area contributed by atoms with Crippen LogP contribution in [0.5, 0.6) is 0 Å². The van der Waals surface area contributed by atoms with Crippen LogP contribution in [-0.4, -0.2) is 16.3 Å². The maximum Gasteiger partial charge on any atom is 0.258 e. The summed E-state index contributed by atoms with van der Waals surface area (Å²) in [5, 5.41) is 8.93. The SMILES string of the molecule is Nc1nsc(NCc2sccc2Br)c1C(=O)NC1CC1. The molecule has 1 saturated carbocycles. The Bertz CT molecular complexity index is 635. The average molecular weight is 373 g/mol. The number of halogens is 1. The van der Waals surface area contributed by atoms with Gasteiger partial charge in [-0.2, -0.15) is 4.37 Å². The lowest BCUT2D eigenvalue weighted by Crippen LogP contribution is -2.26. The Morgan fingerprint density at radius 3 is 3.00 bits per heavy atom. The molecule has 2 heterocycles. The van der Waals surface area contributed by atoms with Crippen molar-refractivity contribution in [3.05, 3.63) is 26.4 Å². The fourth-order valence-corrected chi connectivity index (χ4v) is 3.88. The highest BCUT2D eigenvalue weighted by Crippen LogP contribution is 2.30. The summed E-state index contributed by atoms with van der Waals surface area (Å²) in [7, 11) is 0. The lowest BCUT2D eigenvalue weighted by molar-refractivity contribution is 0.0953. The van der Waals surface area contributed by atoms with Crippen molar-refractivity contribution in [1.82, 2.24) is 9.69 Å². The van der Waals surface area contributed by atoms with E-state index in [4.69, 9.17) is 5.73 Å². The first-order chi connectivity index (χ1) is 9.65. The Kier molecular flexibility index (Phi) is 3.95. The first kappa shape index (κ1) is 13.8. The first-order valence-corrected chi connectivity index (χ1v) is 8.61. The van der Waals surface area contributed by atoms with Crippen LogP contribution in [0.25, 0.3) is 0 Å². The second-order valence-corrected chi connectivity index (χ2v) is 7.19. The van der Waals surface area contributed by atoms with E-state index >= 15 is 0 Å². The summed E-state index contributed by atoms with van der Waals surface area (Å²) < 4.78 is 5.14. The van der Waals surface area contributed by atoms with Gasteiger partial charge in [-0.15, -0.1) is 11.3 Å². The van der Waals surface area contributed by atoms with Gasteiger partial charge in [-0.3, -0.25) is 4.79 Å². The molecule has 1 fully saturated rings. The number of carbonyl (C=O) groups is 1. The minimum Gasteiger partial charge on any atom is -0.382 e. The van der Waals surface area contributed by atoms with Crippen LogP contribution in [0.2, 0.25) is 0 Å². The lowest BCUT2D eigenvalue weighted by Gasteiger charge is -2.07. The van der Waals surface area contributed by atoms with Crippen molar-refractivity contribution in [3.63, 3.8) is 0 Å². The molecule has 8 heteroatoms. The molecule has 0 aliphatic heterocycles. The smallest absolute Gasteiger partial charge is 0.258 e. The molecule has 0 saturated heterocycles. The van der Waals surface area contributed by atoms with Gasteiger partial charge in [0.15, 0.2) is 5.82 Å². The second-order valence-electron chi connectivity index (χ2n) is 4.56. The van der Waals surface area contributed by atoms with Gasteiger partial charge in [0, 0.05) is 15.4 Å². The number of anilines is 2. The molecule has 4 N–H and O–H groups in total. The number of hydrogen-bond donors (Lipinski definition) is 3. The van der Waals surface area contributed by atoms with Gasteiger partial charge in [0.2, 0.25) is 0 Å². The van der Waals surface area contributed by atoms with Crippen molar-refractivity contribution in [2.75, 3.05) is 11.1 Å². The quantitative estimate of drug-likeness (QED) is 0.753. The molecule has 0 atom stereocenters. The number of nitrogen functional groups attached to an aromatic ring is 1. The van der Waals surface area contributed by atoms with Gasteiger partial charge in [-0.25, -0.2) is 0 Å². The zero-order valence-corrected chi connectivity index (χ0v) is 13.7. The predicted molar refractivity (Wildman–Crippen MR) is 86.4 cm³/mol. The molecule has 0 spiro atoms. The molecular formula is C12H13BrN4OS2. The van der Waals surface area contributed by atoms with Gasteiger partial charge in [-0.1, -0.05) is 0 Å². The van der Waals surface area contributed by atoms with E-state index < -0.39 is 0 Å². The highest BCUT2D eigenvalue weighted by Gasteiger charge is 2.27. The zero-order chi connectivity index (χ0) is 14.1. The standard InChI is InChI=1S/C12H13BrN4OS2/c13-7-3-4-19-8(7)5-15-12-9(10(14)17-20-12)11(18)16-6-1-2-6/h3-4,6,15H,1-2,5H2,(H2,14,17)(H,16,18). The van der Waals surface area contributed by atoms with Crippen LogP contribution in [-0.2, 0) is 6.54 Å². The van der Waals surface area contributed by atoms with E-state index in [9.17, 15) is 4.79 Å². The number of amides is 1. The third kappa shape index (κ3) is 2.97. The fraction of sp³-hybridized carbons (Fsp3) is 0.333. The Morgan fingerprint density at radius 2 is 2.35 bits per heavy atom. The number of rotatable bonds is 5. The predicted octanol–water partition coefficient (Wildman–Crippen LogP) is 3.05. The van der Waals surface area contributed by atoms with Gasteiger partial charge >= 0.3 is 0 Å². The maximum absolute atomic E-state index is 12.2. The van der Waals surface area contributed by atoms with E-state index in [1.165, 1.54) is 16.4 Å². The Hall–Kier alpha value is -1.12. The molecule has 3 rings (SSSR count). The zero-order valence-electron chi connectivity index (χ0n) is 10.5. The van der Waals surface area contributed by atoms with Crippen LogP contribution in [0.4, 0.5) is 10.8 Å². The van der Waals surface area contributed by atoms with Crippen molar-refractivity contribution in [2.24, 2.45) is 0 Å². The first-order valence-electron chi connectivity index (χ1n) is 6.17. The molecule has 1 amide bonds. The summed E-state index contributed by atoms with van der Waals surface area (Å²) in [6.45, 7) is 0.642. The third-order valence-electron chi connectivity index (χ3n) is 2.96. The van der Waals surface area contributed by atoms with E-state index in [1.807, 2.05) is 11.4 Å². The Balaban J connectivity index is 1.72. The second kappa shape index (κ2) is 5.71.